The third-order valence-corrected chi connectivity index (χ3v) is 5.89. The van der Waals surface area contributed by atoms with E-state index < -0.39 is 10.8 Å². The van der Waals surface area contributed by atoms with Gasteiger partial charge in [0.05, 0.1) is 16.6 Å². The highest BCUT2D eigenvalue weighted by molar-refractivity contribution is 7.84. The monoisotopic (exact) mass is 356 g/mol. The van der Waals surface area contributed by atoms with E-state index in [4.69, 9.17) is 0 Å². The zero-order chi connectivity index (χ0) is 17.6. The number of carbonyl (C=O) groups excluding carboxylic acids is 1. The number of piperidine rings is 1. The van der Waals surface area contributed by atoms with E-state index in [9.17, 15) is 9.00 Å². The first-order chi connectivity index (χ1) is 12.1. The molecule has 1 saturated heterocycles. The maximum atomic E-state index is 12.5. The molecule has 25 heavy (non-hydrogen) atoms. The summed E-state index contributed by atoms with van der Waals surface area (Å²) in [6.07, 6.45) is 1.73. The Kier molecular flexibility index (Phi) is 6.00. The van der Waals surface area contributed by atoms with Gasteiger partial charge in [-0.2, -0.15) is 0 Å². The molecule has 1 unspecified atom stereocenters. The van der Waals surface area contributed by atoms with Gasteiger partial charge in [-0.15, -0.1) is 0 Å². The molecule has 5 heteroatoms. The van der Waals surface area contributed by atoms with E-state index in [1.54, 1.807) is 0 Å². The fourth-order valence-corrected chi connectivity index (χ4v) is 4.27. The van der Waals surface area contributed by atoms with Gasteiger partial charge in [0.2, 0.25) is 5.91 Å². The van der Waals surface area contributed by atoms with Crippen LogP contribution in [0.25, 0.3) is 0 Å². The Balaban J connectivity index is 1.63. The van der Waals surface area contributed by atoms with Crippen molar-refractivity contribution in [2.24, 2.45) is 5.92 Å². The summed E-state index contributed by atoms with van der Waals surface area (Å²) in [5.74, 6) is 0.575. The number of rotatable bonds is 5. The zero-order valence-corrected chi connectivity index (χ0v) is 15.2. The topological polar surface area (TPSA) is 58.2 Å². The minimum Gasteiger partial charge on any atom is -0.326 e. The minimum atomic E-state index is -1.09. The second kappa shape index (κ2) is 8.41. The van der Waals surface area contributed by atoms with Gasteiger partial charge in [0.1, 0.15) is 0 Å². The maximum absolute atomic E-state index is 12.5. The van der Waals surface area contributed by atoms with Crippen molar-refractivity contribution in [2.45, 2.75) is 36.5 Å². The highest BCUT2D eigenvalue weighted by Gasteiger charge is 2.24. The number of nitrogens with one attached hydrogen (secondary N) is 2. The van der Waals surface area contributed by atoms with Gasteiger partial charge in [-0.3, -0.25) is 9.00 Å². The quantitative estimate of drug-likeness (QED) is 0.864. The van der Waals surface area contributed by atoms with Gasteiger partial charge < -0.3 is 10.6 Å². The molecule has 3 atom stereocenters. The van der Waals surface area contributed by atoms with Crippen LogP contribution >= 0.6 is 0 Å². The molecule has 1 fully saturated rings. The van der Waals surface area contributed by atoms with Crippen molar-refractivity contribution in [1.82, 2.24) is 5.32 Å². The first kappa shape index (κ1) is 17.8. The van der Waals surface area contributed by atoms with E-state index in [1.807, 2.05) is 54.6 Å². The van der Waals surface area contributed by atoms with Gasteiger partial charge in [-0.25, -0.2) is 0 Å². The predicted octanol–water partition coefficient (Wildman–Crippen LogP) is 3.32. The van der Waals surface area contributed by atoms with Gasteiger partial charge >= 0.3 is 0 Å². The average Bonchev–Trinajstić information content (AvgIpc) is 2.63. The number of carbonyl (C=O) groups is 1. The average molecular weight is 356 g/mol. The molecule has 2 aromatic rings. The van der Waals surface area contributed by atoms with Gasteiger partial charge in [-0.05, 0) is 56.1 Å². The zero-order valence-electron chi connectivity index (χ0n) is 14.4. The second-order valence-electron chi connectivity index (χ2n) is 6.57. The lowest BCUT2D eigenvalue weighted by atomic mass is 9.92. The molecule has 1 amide bonds. The first-order valence-electron chi connectivity index (χ1n) is 8.68. The summed E-state index contributed by atoms with van der Waals surface area (Å²) in [4.78, 5) is 13.3. The summed E-state index contributed by atoms with van der Waals surface area (Å²) in [5, 5.41) is 6.38. The van der Waals surface area contributed by atoms with Crippen molar-refractivity contribution >= 4 is 22.4 Å². The van der Waals surface area contributed by atoms with E-state index in [1.165, 1.54) is 0 Å². The summed E-state index contributed by atoms with van der Waals surface area (Å²) in [5.41, 5.74) is 1.73. The van der Waals surface area contributed by atoms with Crippen LogP contribution in [0, 0.1) is 5.92 Å². The third-order valence-electron chi connectivity index (χ3n) is 4.49. The predicted molar refractivity (Wildman–Crippen MR) is 102 cm³/mol. The molecule has 3 rings (SSSR count). The molecule has 2 N–H and O–H groups in total. The molecule has 0 saturated carbocycles. The fourth-order valence-electron chi connectivity index (χ4n) is 3.16. The van der Waals surface area contributed by atoms with Crippen LogP contribution in [-0.2, 0) is 21.3 Å². The molecule has 1 aliphatic heterocycles. The lowest BCUT2D eigenvalue weighted by Crippen LogP contribution is -2.40. The van der Waals surface area contributed by atoms with Crippen LogP contribution in [0.15, 0.2) is 59.5 Å². The summed E-state index contributed by atoms with van der Waals surface area (Å²) in [6.45, 7) is 2.99. The van der Waals surface area contributed by atoms with Crippen molar-refractivity contribution in [3.05, 3.63) is 60.2 Å². The van der Waals surface area contributed by atoms with Gasteiger partial charge in [0.15, 0.2) is 0 Å². The van der Waals surface area contributed by atoms with Gasteiger partial charge in [-0.1, -0.05) is 30.3 Å². The largest absolute Gasteiger partial charge is 0.326 e. The van der Waals surface area contributed by atoms with Crippen LogP contribution < -0.4 is 10.6 Å². The molecule has 0 aliphatic carbocycles. The lowest BCUT2D eigenvalue weighted by Gasteiger charge is -2.27. The van der Waals surface area contributed by atoms with E-state index in [2.05, 4.69) is 17.6 Å². The molecule has 1 aliphatic rings. The van der Waals surface area contributed by atoms with Crippen molar-refractivity contribution in [3.8, 4) is 0 Å². The van der Waals surface area contributed by atoms with Crippen molar-refractivity contribution in [1.29, 1.82) is 0 Å². The molecular formula is C20H24N2O2S. The van der Waals surface area contributed by atoms with Gasteiger partial charge in [0, 0.05) is 22.5 Å². The number of hydrogen-bond donors (Lipinski definition) is 2. The third kappa shape index (κ3) is 5.00. The molecule has 132 valence electrons. The van der Waals surface area contributed by atoms with Crippen LogP contribution in [0.2, 0.25) is 0 Å². The highest BCUT2D eigenvalue weighted by atomic mass is 32.2. The van der Waals surface area contributed by atoms with E-state index in [0.29, 0.717) is 11.8 Å². The number of amides is 1. The van der Waals surface area contributed by atoms with Crippen LogP contribution in [0.1, 0.15) is 25.3 Å². The molecule has 0 spiro atoms. The molecule has 0 bridgehead atoms. The van der Waals surface area contributed by atoms with Crippen LogP contribution in [0.3, 0.4) is 0 Å². The minimum absolute atomic E-state index is 0.0540. The van der Waals surface area contributed by atoms with E-state index in [0.717, 1.165) is 35.5 Å². The van der Waals surface area contributed by atoms with Crippen molar-refractivity contribution in [3.63, 3.8) is 0 Å². The summed E-state index contributed by atoms with van der Waals surface area (Å²) in [6, 6.07) is 17.5. The lowest BCUT2D eigenvalue weighted by molar-refractivity contribution is -0.120. The first-order valence-corrected chi connectivity index (χ1v) is 10.0. The number of anilines is 1. The maximum Gasteiger partial charge on any atom is 0.227 e. The number of benzene rings is 2. The summed E-state index contributed by atoms with van der Waals surface area (Å²) in [7, 11) is -1.09. The van der Waals surface area contributed by atoms with Crippen molar-refractivity contribution < 1.29 is 9.00 Å². The van der Waals surface area contributed by atoms with Crippen molar-refractivity contribution in [2.75, 3.05) is 11.9 Å². The van der Waals surface area contributed by atoms with Crippen LogP contribution in [0.4, 0.5) is 5.69 Å². The standard InChI is InChI=1S/C20H24N2O2S/c1-15-12-17(10-11-21-15)20(23)22-18-7-5-6-16(13-18)14-25(24)19-8-3-2-4-9-19/h2-9,13,15,17,21H,10-12,14H2,1H3,(H,22,23)/t15-,17-,25?/m0/s1. The summed E-state index contributed by atoms with van der Waals surface area (Å²) >= 11 is 0. The number of hydrogen-bond acceptors (Lipinski definition) is 3. The molecule has 0 aromatic heterocycles. The Labute approximate surface area is 151 Å². The Morgan fingerprint density at radius 1 is 1.20 bits per heavy atom. The van der Waals surface area contributed by atoms with Gasteiger partial charge in [0.25, 0.3) is 0 Å². The Bertz CT molecular complexity index is 748. The van der Waals surface area contributed by atoms with Crippen LogP contribution in [0.5, 0.6) is 0 Å². The smallest absolute Gasteiger partial charge is 0.227 e. The molecule has 1 heterocycles. The van der Waals surface area contributed by atoms with E-state index in [-0.39, 0.29) is 11.8 Å². The Morgan fingerprint density at radius 2 is 2.00 bits per heavy atom. The SMILES string of the molecule is C[C@H]1C[C@@H](C(=O)Nc2cccc(CS(=O)c3ccccc3)c2)CCN1. The normalized spacial score (nSPS) is 21.5. The molecular weight excluding hydrogens is 332 g/mol. The Hall–Kier alpha value is -1.98. The Morgan fingerprint density at radius 3 is 2.76 bits per heavy atom. The molecule has 2 aromatic carbocycles. The molecule has 0 radical (unpaired) electrons. The van der Waals surface area contributed by atoms with Crippen LogP contribution in [-0.4, -0.2) is 22.7 Å². The van der Waals surface area contributed by atoms with E-state index >= 15 is 0 Å². The highest BCUT2D eigenvalue weighted by Crippen LogP contribution is 2.20. The molecule has 4 nitrogen and oxygen atoms in total. The summed E-state index contributed by atoms with van der Waals surface area (Å²) < 4.78 is 12.4. The fraction of sp³-hybridized carbons (Fsp3) is 0.350. The second-order valence-corrected chi connectivity index (χ2v) is 8.02.